The summed E-state index contributed by atoms with van der Waals surface area (Å²) in [6.07, 6.45) is 3.93. The highest BCUT2D eigenvalue weighted by Gasteiger charge is 2.26. The number of nitrogens with zero attached hydrogens (tertiary/aromatic N) is 4. The number of aromatic nitrogens is 2. The predicted octanol–water partition coefficient (Wildman–Crippen LogP) is 4.12. The number of rotatable bonds is 5. The molecule has 1 unspecified atom stereocenters. The molecule has 1 aliphatic heterocycles. The van der Waals surface area contributed by atoms with Gasteiger partial charge in [-0.2, -0.15) is 5.10 Å². The third-order valence-corrected chi connectivity index (χ3v) is 5.58. The summed E-state index contributed by atoms with van der Waals surface area (Å²) in [7, 11) is 1.93. The molecule has 29 heavy (non-hydrogen) atoms. The molecule has 3 rings (SSSR count). The van der Waals surface area contributed by atoms with E-state index in [-0.39, 0.29) is 35.5 Å². The molecule has 2 heterocycles. The van der Waals surface area contributed by atoms with E-state index >= 15 is 0 Å². The second-order valence-electron chi connectivity index (χ2n) is 7.81. The predicted molar refractivity (Wildman–Crippen MR) is 132 cm³/mol. The van der Waals surface area contributed by atoms with Gasteiger partial charge < -0.3 is 15.0 Å². The Morgan fingerprint density at radius 3 is 2.69 bits per heavy atom. The molecule has 1 atom stereocenters. The summed E-state index contributed by atoms with van der Waals surface area (Å²) in [5, 5.41) is 7.73. The van der Waals surface area contributed by atoms with E-state index in [4.69, 9.17) is 9.73 Å². The fraction of sp³-hybridized carbons (Fsp3) is 0.524. The second kappa shape index (κ2) is 10.8. The molecule has 0 saturated carbocycles. The number of benzene rings is 1. The third-order valence-electron chi connectivity index (χ3n) is 5.05. The van der Waals surface area contributed by atoms with Crippen molar-refractivity contribution < 1.29 is 4.74 Å². The highest BCUT2D eigenvalue weighted by molar-refractivity contribution is 14.0. The first-order valence-corrected chi connectivity index (χ1v) is 10.6. The van der Waals surface area contributed by atoms with Crippen LogP contribution in [-0.2, 0) is 17.2 Å². The molecule has 160 valence electrons. The van der Waals surface area contributed by atoms with Crippen LogP contribution in [0.3, 0.4) is 0 Å². The minimum Gasteiger partial charge on any atom is -0.370 e. The topological polar surface area (TPSA) is 54.7 Å². The molecule has 6 nitrogen and oxygen atoms in total. The SMILES string of the molecule is CCNC(=NCC(C)(C)c1ccc(Br)cc1)N1CCOC(c2cnn(C)c2)C1.I. The third kappa shape index (κ3) is 6.42. The monoisotopic (exact) mass is 575 g/mol. The van der Waals surface area contributed by atoms with Crippen LogP contribution in [0.4, 0.5) is 0 Å². The van der Waals surface area contributed by atoms with E-state index in [0.29, 0.717) is 13.2 Å². The lowest BCUT2D eigenvalue weighted by atomic mass is 9.85. The van der Waals surface area contributed by atoms with E-state index in [2.05, 4.69) is 76.3 Å². The first kappa shape index (κ1) is 24.1. The summed E-state index contributed by atoms with van der Waals surface area (Å²) < 4.78 is 8.89. The lowest BCUT2D eigenvalue weighted by Gasteiger charge is -2.35. The summed E-state index contributed by atoms with van der Waals surface area (Å²) in [6, 6.07) is 8.51. The largest absolute Gasteiger partial charge is 0.370 e. The summed E-state index contributed by atoms with van der Waals surface area (Å²) in [4.78, 5) is 7.28. The van der Waals surface area contributed by atoms with Gasteiger partial charge in [0, 0.05) is 41.8 Å². The van der Waals surface area contributed by atoms with E-state index in [1.807, 2.05) is 24.1 Å². The van der Waals surface area contributed by atoms with Crippen LogP contribution >= 0.6 is 39.9 Å². The lowest BCUT2D eigenvalue weighted by Crippen LogP contribution is -2.48. The maximum Gasteiger partial charge on any atom is 0.194 e. The van der Waals surface area contributed by atoms with Crippen LogP contribution in [0.1, 0.15) is 38.0 Å². The Morgan fingerprint density at radius 1 is 1.34 bits per heavy atom. The highest BCUT2D eigenvalue weighted by Crippen LogP contribution is 2.26. The van der Waals surface area contributed by atoms with Crippen molar-refractivity contribution in [3.8, 4) is 0 Å². The summed E-state index contributed by atoms with van der Waals surface area (Å²) in [5.41, 5.74) is 2.35. The summed E-state index contributed by atoms with van der Waals surface area (Å²) >= 11 is 3.51. The van der Waals surface area contributed by atoms with Crippen molar-refractivity contribution in [2.45, 2.75) is 32.3 Å². The molecule has 0 aliphatic carbocycles. The quantitative estimate of drug-likeness (QED) is 0.331. The molecule has 2 aromatic rings. The van der Waals surface area contributed by atoms with Crippen LogP contribution < -0.4 is 5.32 Å². The van der Waals surface area contributed by atoms with Crippen molar-refractivity contribution >= 4 is 45.9 Å². The Bertz CT molecular complexity index is 806. The molecule has 0 bridgehead atoms. The number of morpholine rings is 1. The molecule has 1 fully saturated rings. The van der Waals surface area contributed by atoms with Gasteiger partial charge in [-0.1, -0.05) is 41.9 Å². The van der Waals surface area contributed by atoms with Crippen LogP contribution in [0.2, 0.25) is 0 Å². The van der Waals surface area contributed by atoms with Crippen LogP contribution in [-0.4, -0.2) is 53.4 Å². The number of hydrogen-bond acceptors (Lipinski definition) is 3. The number of guanidine groups is 1. The Morgan fingerprint density at radius 2 is 2.07 bits per heavy atom. The van der Waals surface area contributed by atoms with Gasteiger partial charge in [0.15, 0.2) is 5.96 Å². The maximum absolute atomic E-state index is 5.98. The van der Waals surface area contributed by atoms with Gasteiger partial charge in [-0.3, -0.25) is 9.67 Å². The van der Waals surface area contributed by atoms with Gasteiger partial charge in [0.2, 0.25) is 0 Å². The van der Waals surface area contributed by atoms with Crippen molar-refractivity contribution in [1.82, 2.24) is 20.0 Å². The first-order valence-electron chi connectivity index (χ1n) is 9.78. The number of aliphatic imine (C=N–C) groups is 1. The summed E-state index contributed by atoms with van der Waals surface area (Å²) in [5.74, 6) is 0.949. The van der Waals surface area contributed by atoms with Crippen molar-refractivity contribution in [1.29, 1.82) is 0 Å². The van der Waals surface area contributed by atoms with Crippen molar-refractivity contribution in [3.05, 3.63) is 52.3 Å². The molecule has 0 amide bonds. The molecule has 1 aromatic heterocycles. The minimum absolute atomic E-state index is 0. The molecule has 1 aromatic carbocycles. The van der Waals surface area contributed by atoms with E-state index in [9.17, 15) is 0 Å². The number of hydrogen-bond donors (Lipinski definition) is 1. The van der Waals surface area contributed by atoms with Crippen LogP contribution in [0.15, 0.2) is 46.1 Å². The fourth-order valence-corrected chi connectivity index (χ4v) is 3.60. The van der Waals surface area contributed by atoms with Crippen molar-refractivity contribution in [3.63, 3.8) is 0 Å². The first-order chi connectivity index (χ1) is 13.4. The highest BCUT2D eigenvalue weighted by atomic mass is 127. The average Bonchev–Trinajstić information content (AvgIpc) is 3.12. The molecule has 8 heteroatoms. The Balaban J connectivity index is 0.00000300. The van der Waals surface area contributed by atoms with Gasteiger partial charge in [0.25, 0.3) is 0 Å². The number of aryl methyl sites for hydroxylation is 1. The Hall–Kier alpha value is -1.13. The average molecular weight is 576 g/mol. The number of ether oxygens (including phenoxy) is 1. The summed E-state index contributed by atoms with van der Waals surface area (Å²) in [6.45, 7) is 10.4. The second-order valence-corrected chi connectivity index (χ2v) is 8.73. The van der Waals surface area contributed by atoms with Gasteiger partial charge >= 0.3 is 0 Å². The molecule has 0 spiro atoms. The van der Waals surface area contributed by atoms with E-state index in [1.165, 1.54) is 5.56 Å². The Kier molecular flexibility index (Phi) is 8.96. The van der Waals surface area contributed by atoms with Gasteiger partial charge in [0.1, 0.15) is 6.10 Å². The van der Waals surface area contributed by atoms with E-state index in [1.54, 1.807) is 0 Å². The van der Waals surface area contributed by atoms with Gasteiger partial charge in [-0.05, 0) is 24.6 Å². The van der Waals surface area contributed by atoms with Crippen LogP contribution in [0.5, 0.6) is 0 Å². The number of nitrogens with one attached hydrogen (secondary N) is 1. The minimum atomic E-state index is -0.0452. The zero-order valence-electron chi connectivity index (χ0n) is 17.6. The van der Waals surface area contributed by atoms with Gasteiger partial charge in [-0.15, -0.1) is 24.0 Å². The van der Waals surface area contributed by atoms with E-state index < -0.39 is 0 Å². The smallest absolute Gasteiger partial charge is 0.194 e. The molecule has 0 radical (unpaired) electrons. The fourth-order valence-electron chi connectivity index (χ4n) is 3.34. The normalized spacial score (nSPS) is 17.8. The standard InChI is InChI=1S/C21H30BrN5O.HI/c1-5-23-20(24-15-21(2,3)17-6-8-18(22)9-7-17)27-10-11-28-19(14-27)16-12-25-26(4)13-16;/h6-9,12-13,19H,5,10-11,14-15H2,1-4H3,(H,23,24);1H. The lowest BCUT2D eigenvalue weighted by molar-refractivity contribution is -0.00806. The zero-order valence-corrected chi connectivity index (χ0v) is 21.5. The molecule has 1 aliphatic rings. The molecule has 1 N–H and O–H groups in total. The van der Waals surface area contributed by atoms with Crippen LogP contribution in [0.25, 0.3) is 0 Å². The van der Waals surface area contributed by atoms with Gasteiger partial charge in [-0.25, -0.2) is 0 Å². The van der Waals surface area contributed by atoms with Gasteiger partial charge in [0.05, 0.1) is 25.9 Å². The zero-order chi connectivity index (χ0) is 20.1. The maximum atomic E-state index is 5.98. The van der Waals surface area contributed by atoms with Crippen molar-refractivity contribution in [2.24, 2.45) is 12.0 Å². The Labute approximate surface area is 199 Å². The van der Waals surface area contributed by atoms with Crippen molar-refractivity contribution in [2.75, 3.05) is 32.8 Å². The molecule has 1 saturated heterocycles. The number of halogens is 2. The molecular formula is C21H31BrIN5O. The van der Waals surface area contributed by atoms with E-state index in [0.717, 1.165) is 35.6 Å². The van der Waals surface area contributed by atoms with Crippen LogP contribution in [0, 0.1) is 0 Å². The molecular weight excluding hydrogens is 545 g/mol.